The van der Waals surface area contributed by atoms with Crippen molar-refractivity contribution in [2.24, 2.45) is 4.99 Å². The van der Waals surface area contributed by atoms with E-state index >= 15 is 0 Å². The molecule has 0 saturated carbocycles. The molecular formula is C25H21ClFN3O3S. The monoisotopic (exact) mass is 497 g/mol. The highest BCUT2D eigenvalue weighted by molar-refractivity contribution is 8.15. The topological polar surface area (TPSA) is 71.0 Å². The predicted molar refractivity (Wildman–Crippen MR) is 133 cm³/mol. The molecule has 1 N–H and O–H groups in total. The quantitative estimate of drug-likeness (QED) is 0.478. The lowest BCUT2D eigenvalue weighted by molar-refractivity contribution is -0.129. The lowest BCUT2D eigenvalue weighted by Crippen LogP contribution is -2.44. The largest absolute Gasteiger partial charge is 0.497 e. The summed E-state index contributed by atoms with van der Waals surface area (Å²) in [5.41, 5.74) is 1.50. The van der Waals surface area contributed by atoms with Crippen LogP contribution in [0.2, 0.25) is 5.02 Å². The van der Waals surface area contributed by atoms with E-state index in [2.05, 4.69) is 10.3 Å². The fraction of sp³-hybridized carbons (Fsp3) is 0.160. The van der Waals surface area contributed by atoms with Crippen LogP contribution in [0.5, 0.6) is 5.75 Å². The highest BCUT2D eigenvalue weighted by atomic mass is 35.5. The maximum atomic E-state index is 14.0. The summed E-state index contributed by atoms with van der Waals surface area (Å²) in [4.78, 5) is 32.2. The molecule has 1 saturated heterocycles. The number of benzene rings is 3. The van der Waals surface area contributed by atoms with Crippen molar-refractivity contribution in [1.82, 2.24) is 4.90 Å². The number of methoxy groups -OCH3 is 1. The lowest BCUT2D eigenvalue weighted by atomic mass is 10.2. The number of nitrogens with one attached hydrogen (secondary N) is 1. The molecule has 0 aromatic heterocycles. The number of carbonyl (C=O) groups excluding carboxylic acids is 2. The Morgan fingerprint density at radius 1 is 1.18 bits per heavy atom. The van der Waals surface area contributed by atoms with Crippen LogP contribution in [0.25, 0.3) is 0 Å². The van der Waals surface area contributed by atoms with Gasteiger partial charge in [0.15, 0.2) is 5.17 Å². The summed E-state index contributed by atoms with van der Waals surface area (Å²) in [7, 11) is 1.59. The molecule has 6 nitrogen and oxygen atoms in total. The van der Waals surface area contributed by atoms with Crippen LogP contribution >= 0.6 is 23.4 Å². The minimum absolute atomic E-state index is 0.0460. The molecule has 0 aliphatic carbocycles. The van der Waals surface area contributed by atoms with E-state index < -0.39 is 17.0 Å². The Hall–Kier alpha value is -3.36. The Morgan fingerprint density at radius 2 is 1.94 bits per heavy atom. The number of amidine groups is 1. The molecule has 3 aromatic rings. The zero-order valence-corrected chi connectivity index (χ0v) is 19.8. The summed E-state index contributed by atoms with van der Waals surface area (Å²) in [6.07, 6.45) is -0.0460. The molecular weight excluding hydrogens is 477 g/mol. The number of thioether (sulfide) groups is 1. The van der Waals surface area contributed by atoms with Crippen LogP contribution in [0.1, 0.15) is 12.0 Å². The molecule has 1 fully saturated rings. The molecule has 2 amide bonds. The average Bonchev–Trinajstić information content (AvgIpc) is 2.83. The van der Waals surface area contributed by atoms with E-state index in [1.54, 1.807) is 42.3 Å². The fourth-order valence-corrected chi connectivity index (χ4v) is 4.62. The van der Waals surface area contributed by atoms with Gasteiger partial charge >= 0.3 is 0 Å². The normalized spacial score (nSPS) is 17.0. The standard InChI is InChI=1S/C25H21ClFN3O3S/c1-33-19-11-9-16(10-12-19)15-30-23(31)14-22(24(32)29-21-8-3-2-7-20(21)27)34-25(30)28-18-6-4-5-17(26)13-18/h2-13,22H,14-15H2,1H3,(H,29,32). The lowest BCUT2D eigenvalue weighted by Gasteiger charge is -2.32. The second-order valence-electron chi connectivity index (χ2n) is 7.48. The summed E-state index contributed by atoms with van der Waals surface area (Å²) < 4.78 is 19.2. The van der Waals surface area contributed by atoms with Gasteiger partial charge in [-0.15, -0.1) is 0 Å². The first-order valence-corrected chi connectivity index (χ1v) is 11.7. The summed E-state index contributed by atoms with van der Waals surface area (Å²) >= 11 is 7.26. The molecule has 1 aliphatic heterocycles. The molecule has 0 bridgehead atoms. The molecule has 34 heavy (non-hydrogen) atoms. The molecule has 1 unspecified atom stereocenters. The van der Waals surface area contributed by atoms with E-state index in [1.165, 1.54) is 18.2 Å². The van der Waals surface area contributed by atoms with Gasteiger partial charge < -0.3 is 10.1 Å². The van der Waals surface area contributed by atoms with Crippen molar-refractivity contribution in [3.05, 3.63) is 89.2 Å². The van der Waals surface area contributed by atoms with Gasteiger partial charge in [-0.25, -0.2) is 9.38 Å². The van der Waals surface area contributed by atoms with Crippen molar-refractivity contribution >= 4 is 51.7 Å². The Labute approximate surface area is 205 Å². The van der Waals surface area contributed by atoms with Gasteiger partial charge in [-0.2, -0.15) is 0 Å². The zero-order chi connectivity index (χ0) is 24.1. The maximum absolute atomic E-state index is 14.0. The third-order valence-corrected chi connectivity index (χ3v) is 6.52. The van der Waals surface area contributed by atoms with Crippen molar-refractivity contribution in [2.45, 2.75) is 18.2 Å². The molecule has 174 valence electrons. The summed E-state index contributed by atoms with van der Waals surface area (Å²) in [6, 6.07) is 20.2. The summed E-state index contributed by atoms with van der Waals surface area (Å²) in [5.74, 6) is -0.562. The van der Waals surface area contributed by atoms with Crippen LogP contribution in [-0.4, -0.2) is 34.2 Å². The second kappa shape index (κ2) is 10.7. The fourth-order valence-electron chi connectivity index (χ4n) is 3.34. The number of ether oxygens (including phenoxy) is 1. The highest BCUT2D eigenvalue weighted by Crippen LogP contribution is 2.32. The van der Waals surface area contributed by atoms with Crippen molar-refractivity contribution in [2.75, 3.05) is 12.4 Å². The maximum Gasteiger partial charge on any atom is 0.238 e. The van der Waals surface area contributed by atoms with E-state index in [1.807, 2.05) is 24.3 Å². The number of anilines is 1. The van der Waals surface area contributed by atoms with Crippen molar-refractivity contribution in [3.8, 4) is 5.75 Å². The third-order valence-electron chi connectivity index (χ3n) is 5.10. The molecule has 1 atom stereocenters. The Kier molecular flexibility index (Phi) is 7.49. The number of amides is 2. The van der Waals surface area contributed by atoms with Crippen LogP contribution in [-0.2, 0) is 16.1 Å². The SMILES string of the molecule is COc1ccc(CN2C(=O)CC(C(=O)Nc3ccccc3F)SC2=Nc2cccc(Cl)c2)cc1. The van der Waals surface area contributed by atoms with E-state index in [-0.39, 0.29) is 24.6 Å². The van der Waals surface area contributed by atoms with Crippen LogP contribution in [0.4, 0.5) is 15.8 Å². The molecule has 3 aromatic carbocycles. The molecule has 1 aliphatic rings. The van der Waals surface area contributed by atoms with Gasteiger partial charge in [0.25, 0.3) is 0 Å². The van der Waals surface area contributed by atoms with Gasteiger partial charge in [0.2, 0.25) is 11.8 Å². The number of nitrogens with zero attached hydrogens (tertiary/aromatic N) is 2. The number of para-hydroxylation sites is 1. The Bertz CT molecular complexity index is 1240. The number of carbonyl (C=O) groups is 2. The number of aliphatic imine (C=N–C) groups is 1. The first-order valence-electron chi connectivity index (χ1n) is 10.4. The van der Waals surface area contributed by atoms with E-state index in [4.69, 9.17) is 16.3 Å². The second-order valence-corrected chi connectivity index (χ2v) is 9.09. The van der Waals surface area contributed by atoms with E-state index in [0.29, 0.717) is 21.6 Å². The van der Waals surface area contributed by atoms with E-state index in [9.17, 15) is 14.0 Å². The van der Waals surface area contributed by atoms with E-state index in [0.717, 1.165) is 17.3 Å². The van der Waals surface area contributed by atoms with Crippen LogP contribution in [0, 0.1) is 5.82 Å². The first kappa shape index (κ1) is 23.8. The number of hydrogen-bond donors (Lipinski definition) is 1. The smallest absolute Gasteiger partial charge is 0.238 e. The zero-order valence-electron chi connectivity index (χ0n) is 18.2. The van der Waals surface area contributed by atoms with Gasteiger partial charge in [0.05, 0.1) is 25.0 Å². The minimum Gasteiger partial charge on any atom is -0.497 e. The number of hydrogen-bond acceptors (Lipinski definition) is 5. The summed E-state index contributed by atoms with van der Waals surface area (Å²) in [5, 5.41) is 2.68. The molecule has 9 heteroatoms. The number of rotatable bonds is 6. The van der Waals surface area contributed by atoms with Gasteiger partial charge in [-0.1, -0.05) is 53.7 Å². The molecule has 4 rings (SSSR count). The molecule has 0 spiro atoms. The minimum atomic E-state index is -0.767. The Balaban J connectivity index is 1.60. The van der Waals surface area contributed by atoms with Crippen LogP contribution in [0.3, 0.4) is 0 Å². The van der Waals surface area contributed by atoms with Crippen molar-refractivity contribution in [3.63, 3.8) is 0 Å². The third kappa shape index (κ3) is 5.76. The van der Waals surface area contributed by atoms with Crippen molar-refractivity contribution < 1.29 is 18.7 Å². The van der Waals surface area contributed by atoms with Crippen LogP contribution < -0.4 is 10.1 Å². The predicted octanol–water partition coefficient (Wildman–Crippen LogP) is 5.65. The van der Waals surface area contributed by atoms with Gasteiger partial charge in [-0.3, -0.25) is 14.5 Å². The van der Waals surface area contributed by atoms with Gasteiger partial charge in [0, 0.05) is 11.4 Å². The first-order chi connectivity index (χ1) is 16.4. The summed E-state index contributed by atoms with van der Waals surface area (Å²) in [6.45, 7) is 0.275. The Morgan fingerprint density at radius 3 is 2.65 bits per heavy atom. The van der Waals surface area contributed by atoms with Gasteiger partial charge in [-0.05, 0) is 48.0 Å². The van der Waals surface area contributed by atoms with Crippen LogP contribution in [0.15, 0.2) is 77.8 Å². The molecule has 1 heterocycles. The molecule has 0 radical (unpaired) electrons. The number of halogens is 2. The highest BCUT2D eigenvalue weighted by Gasteiger charge is 2.36. The van der Waals surface area contributed by atoms with Crippen molar-refractivity contribution in [1.29, 1.82) is 0 Å². The average molecular weight is 498 g/mol. The van der Waals surface area contributed by atoms with Gasteiger partial charge in [0.1, 0.15) is 16.8 Å².